The van der Waals surface area contributed by atoms with Crippen LogP contribution in [0.2, 0.25) is 0 Å². The zero-order valence-electron chi connectivity index (χ0n) is 13.6. The molecule has 0 radical (unpaired) electrons. The van der Waals surface area contributed by atoms with E-state index < -0.39 is 11.4 Å². The van der Waals surface area contributed by atoms with Crippen molar-refractivity contribution in [3.8, 4) is 0 Å². The van der Waals surface area contributed by atoms with Gasteiger partial charge in [0.25, 0.3) is 5.91 Å². The van der Waals surface area contributed by atoms with Gasteiger partial charge >= 0.3 is 0 Å². The lowest BCUT2D eigenvalue weighted by molar-refractivity contribution is 0.0900. The number of H-pyrrole nitrogens is 1. The van der Waals surface area contributed by atoms with E-state index in [1.54, 1.807) is 0 Å². The van der Waals surface area contributed by atoms with Crippen molar-refractivity contribution in [2.75, 3.05) is 6.61 Å². The predicted molar refractivity (Wildman–Crippen MR) is 89.7 cm³/mol. The number of aromatic nitrogens is 1. The number of amides is 1. The van der Waals surface area contributed by atoms with Crippen molar-refractivity contribution in [3.63, 3.8) is 0 Å². The summed E-state index contributed by atoms with van der Waals surface area (Å²) in [6.45, 7) is 2.75. The van der Waals surface area contributed by atoms with E-state index in [2.05, 4.69) is 10.3 Å². The molecule has 1 aliphatic rings. The second-order valence-corrected chi connectivity index (χ2v) is 6.32. The Bertz CT molecular complexity index is 796. The minimum absolute atomic E-state index is 0.0310. The van der Waals surface area contributed by atoms with Crippen molar-refractivity contribution in [2.45, 2.75) is 44.8 Å². The van der Waals surface area contributed by atoms with E-state index in [-0.39, 0.29) is 23.6 Å². The average Bonchev–Trinajstić information content (AvgIpc) is 3.05. The van der Waals surface area contributed by atoms with E-state index in [0.29, 0.717) is 10.9 Å². The van der Waals surface area contributed by atoms with Gasteiger partial charge in [-0.05, 0) is 50.8 Å². The number of hydrogen-bond donors (Lipinski definition) is 2. The number of pyridine rings is 1. The summed E-state index contributed by atoms with van der Waals surface area (Å²) in [5, 5.41) is 3.44. The average molecular weight is 332 g/mol. The smallest absolute Gasteiger partial charge is 0.252 e. The molecule has 0 bridgehead atoms. The van der Waals surface area contributed by atoms with Crippen LogP contribution < -0.4 is 10.9 Å². The SMILES string of the molecule is C[C@H](CC[C@@H]1CCCO1)NC(=O)c1cc(=O)[nH]c2cc(F)ccc12. The zero-order chi connectivity index (χ0) is 17.1. The van der Waals surface area contributed by atoms with E-state index in [1.165, 1.54) is 24.3 Å². The van der Waals surface area contributed by atoms with E-state index in [9.17, 15) is 14.0 Å². The Labute approximate surface area is 139 Å². The number of carbonyl (C=O) groups is 1. The van der Waals surface area contributed by atoms with Crippen molar-refractivity contribution in [1.29, 1.82) is 0 Å². The number of fused-ring (bicyclic) bond motifs is 1. The first-order valence-electron chi connectivity index (χ1n) is 8.28. The molecule has 5 nitrogen and oxygen atoms in total. The number of rotatable bonds is 5. The van der Waals surface area contributed by atoms with Crippen LogP contribution >= 0.6 is 0 Å². The molecular formula is C18H21FN2O3. The van der Waals surface area contributed by atoms with Gasteiger partial charge in [-0.15, -0.1) is 0 Å². The second-order valence-electron chi connectivity index (χ2n) is 6.32. The summed E-state index contributed by atoms with van der Waals surface area (Å²) in [4.78, 5) is 26.8. The first kappa shape index (κ1) is 16.6. The van der Waals surface area contributed by atoms with Gasteiger partial charge in [0.05, 0.1) is 17.2 Å². The minimum Gasteiger partial charge on any atom is -0.378 e. The summed E-state index contributed by atoms with van der Waals surface area (Å²) in [6, 6.07) is 5.22. The molecule has 6 heteroatoms. The maximum Gasteiger partial charge on any atom is 0.252 e. The topological polar surface area (TPSA) is 71.2 Å². The molecule has 0 aliphatic carbocycles. The largest absolute Gasteiger partial charge is 0.378 e. The Kier molecular flexibility index (Phi) is 4.94. The van der Waals surface area contributed by atoms with Gasteiger partial charge in [-0.1, -0.05) is 0 Å². The number of nitrogens with one attached hydrogen (secondary N) is 2. The molecule has 1 saturated heterocycles. The molecule has 3 rings (SSSR count). The lowest BCUT2D eigenvalue weighted by Crippen LogP contribution is -2.34. The van der Waals surface area contributed by atoms with Crippen molar-refractivity contribution in [1.82, 2.24) is 10.3 Å². The molecule has 0 spiro atoms. The summed E-state index contributed by atoms with van der Waals surface area (Å²) >= 11 is 0. The molecule has 24 heavy (non-hydrogen) atoms. The monoisotopic (exact) mass is 332 g/mol. The van der Waals surface area contributed by atoms with Gasteiger partial charge in [0, 0.05) is 24.1 Å². The van der Waals surface area contributed by atoms with Gasteiger partial charge in [0.15, 0.2) is 0 Å². The highest BCUT2D eigenvalue weighted by atomic mass is 19.1. The minimum atomic E-state index is -0.458. The Morgan fingerprint density at radius 3 is 3.04 bits per heavy atom. The van der Waals surface area contributed by atoms with Gasteiger partial charge in [-0.2, -0.15) is 0 Å². The number of aromatic amines is 1. The summed E-state index contributed by atoms with van der Waals surface area (Å²) in [5.41, 5.74) is 0.155. The van der Waals surface area contributed by atoms with Crippen LogP contribution in [0.3, 0.4) is 0 Å². The third-order valence-electron chi connectivity index (χ3n) is 4.37. The molecular weight excluding hydrogens is 311 g/mol. The standard InChI is InChI=1S/C18H21FN2O3/c1-11(4-6-13-3-2-8-24-13)20-18(23)15-10-17(22)21-16-9-12(19)5-7-14(15)16/h5,7,9-11,13H,2-4,6,8H2,1H3,(H,20,23)(H,21,22)/t11-,13+/m1/s1. The number of hydrogen-bond acceptors (Lipinski definition) is 3. The van der Waals surface area contributed by atoms with E-state index in [0.717, 1.165) is 32.3 Å². The maximum absolute atomic E-state index is 13.3. The highest BCUT2D eigenvalue weighted by Gasteiger charge is 2.18. The fourth-order valence-electron chi connectivity index (χ4n) is 3.10. The third kappa shape index (κ3) is 3.82. The van der Waals surface area contributed by atoms with Crippen LogP contribution in [0, 0.1) is 5.82 Å². The molecule has 2 N–H and O–H groups in total. The van der Waals surface area contributed by atoms with Gasteiger partial charge < -0.3 is 15.0 Å². The van der Waals surface area contributed by atoms with Gasteiger partial charge in [-0.3, -0.25) is 9.59 Å². The Morgan fingerprint density at radius 1 is 1.46 bits per heavy atom. The zero-order valence-corrected chi connectivity index (χ0v) is 13.6. The molecule has 2 aromatic rings. The van der Waals surface area contributed by atoms with Crippen LogP contribution in [0.15, 0.2) is 29.1 Å². The van der Waals surface area contributed by atoms with Gasteiger partial charge in [0.1, 0.15) is 5.82 Å². The van der Waals surface area contributed by atoms with E-state index in [1.807, 2.05) is 6.92 Å². The summed E-state index contributed by atoms with van der Waals surface area (Å²) in [6.07, 6.45) is 4.17. The van der Waals surface area contributed by atoms with Crippen LogP contribution in [0.4, 0.5) is 4.39 Å². The van der Waals surface area contributed by atoms with Crippen LogP contribution in [0.1, 0.15) is 43.0 Å². The molecule has 1 fully saturated rings. The number of halogens is 1. The molecule has 1 aromatic carbocycles. The molecule has 0 saturated carbocycles. The van der Waals surface area contributed by atoms with Crippen molar-refractivity contribution in [3.05, 3.63) is 46.0 Å². The Hall–Kier alpha value is -2.21. The first-order valence-corrected chi connectivity index (χ1v) is 8.28. The van der Waals surface area contributed by atoms with Crippen LogP contribution in [-0.2, 0) is 4.74 Å². The second kappa shape index (κ2) is 7.13. The van der Waals surface area contributed by atoms with Gasteiger partial charge in [-0.25, -0.2) is 4.39 Å². The van der Waals surface area contributed by atoms with Crippen molar-refractivity contribution >= 4 is 16.8 Å². The fraction of sp³-hybridized carbons (Fsp3) is 0.444. The molecule has 0 unspecified atom stereocenters. The van der Waals surface area contributed by atoms with Crippen molar-refractivity contribution < 1.29 is 13.9 Å². The van der Waals surface area contributed by atoms with Crippen LogP contribution in [0.25, 0.3) is 10.9 Å². The fourth-order valence-corrected chi connectivity index (χ4v) is 3.10. The molecule has 1 aromatic heterocycles. The maximum atomic E-state index is 13.3. The third-order valence-corrected chi connectivity index (χ3v) is 4.37. The number of benzene rings is 1. The van der Waals surface area contributed by atoms with E-state index >= 15 is 0 Å². The van der Waals surface area contributed by atoms with Gasteiger partial charge in [0.2, 0.25) is 5.56 Å². The lowest BCUT2D eigenvalue weighted by atomic mass is 10.1. The number of ether oxygens (including phenoxy) is 1. The summed E-state index contributed by atoms with van der Waals surface area (Å²) in [5.74, 6) is -0.779. The molecule has 1 amide bonds. The molecule has 1 aliphatic heterocycles. The van der Waals surface area contributed by atoms with Crippen LogP contribution in [0.5, 0.6) is 0 Å². The molecule has 2 atom stereocenters. The van der Waals surface area contributed by atoms with E-state index in [4.69, 9.17) is 4.74 Å². The summed E-state index contributed by atoms with van der Waals surface area (Å²) in [7, 11) is 0. The highest BCUT2D eigenvalue weighted by Crippen LogP contribution is 2.19. The Morgan fingerprint density at radius 2 is 2.29 bits per heavy atom. The molecule has 128 valence electrons. The van der Waals surface area contributed by atoms with Crippen molar-refractivity contribution in [2.24, 2.45) is 0 Å². The summed E-state index contributed by atoms with van der Waals surface area (Å²) < 4.78 is 18.9. The van der Waals surface area contributed by atoms with Crippen LogP contribution in [-0.4, -0.2) is 29.6 Å². The quantitative estimate of drug-likeness (QED) is 0.884. The highest BCUT2D eigenvalue weighted by molar-refractivity contribution is 6.06. The lowest BCUT2D eigenvalue weighted by Gasteiger charge is -2.17. The normalized spacial score (nSPS) is 18.7. The number of carbonyl (C=O) groups excluding carboxylic acids is 1. The first-order chi connectivity index (χ1) is 11.5. The molecule has 2 heterocycles. The Balaban J connectivity index is 1.72. The predicted octanol–water partition coefficient (Wildman–Crippen LogP) is 2.74.